The molecule has 6 aromatic rings. The Hall–Kier alpha value is -5.04. The molecule has 0 bridgehead atoms. The molecule has 1 amide bonds. The molecule has 0 spiro atoms. The first-order valence-corrected chi connectivity index (χ1v) is 16.5. The number of aromatic nitrogens is 6. The third-order valence-electron chi connectivity index (χ3n) is 7.32. The largest absolute Gasteiger partial charge is 0.335 e. The van der Waals surface area contributed by atoms with Crippen molar-refractivity contribution in [1.82, 2.24) is 30.1 Å². The lowest BCUT2D eigenvalue weighted by atomic mass is 9.92. The van der Waals surface area contributed by atoms with Gasteiger partial charge in [0.1, 0.15) is 26.9 Å². The van der Waals surface area contributed by atoms with E-state index in [1.165, 1.54) is 24.4 Å². The number of rotatable bonds is 8. The molecule has 0 atom stereocenters. The Morgan fingerprint density at radius 3 is 2.57 bits per heavy atom. The number of carbonyl (C=O) groups is 1. The van der Waals surface area contributed by atoms with E-state index in [4.69, 9.17) is 0 Å². The number of carbonyl (C=O) groups excluding carboxylic acids is 1. The molecule has 236 valence electrons. The lowest BCUT2D eigenvalue weighted by molar-refractivity contribution is -0.117. The molecule has 46 heavy (non-hydrogen) atoms. The zero-order valence-corrected chi connectivity index (χ0v) is 26.4. The SMILES string of the molecule is CC(C)(C)CC(=O)Nc1cncc(-c2cc(F)c3n[nH]c(-c4nc5nccc(-c6cc(F)cc(CCS(C)(=O)=O)c6)c5[nH]4)c3c2)c1. The van der Waals surface area contributed by atoms with Gasteiger partial charge in [0.25, 0.3) is 0 Å². The molecule has 0 radical (unpaired) electrons. The Balaban J connectivity index is 1.37. The summed E-state index contributed by atoms with van der Waals surface area (Å²) in [4.78, 5) is 29.0. The van der Waals surface area contributed by atoms with Crippen LogP contribution in [0.1, 0.15) is 32.8 Å². The summed E-state index contributed by atoms with van der Waals surface area (Å²) in [7, 11) is -3.23. The number of benzene rings is 2. The average molecular weight is 644 g/mol. The molecule has 0 saturated heterocycles. The highest BCUT2D eigenvalue weighted by Gasteiger charge is 2.20. The van der Waals surface area contributed by atoms with E-state index in [0.717, 1.165) is 6.26 Å². The first-order chi connectivity index (χ1) is 21.7. The van der Waals surface area contributed by atoms with Crippen molar-refractivity contribution in [1.29, 1.82) is 0 Å². The molecular formula is C33H31F2N7O3S. The topological polar surface area (TPSA) is 146 Å². The van der Waals surface area contributed by atoms with Crippen molar-refractivity contribution < 1.29 is 22.0 Å². The van der Waals surface area contributed by atoms with Gasteiger partial charge in [-0.1, -0.05) is 26.8 Å². The summed E-state index contributed by atoms with van der Waals surface area (Å²) < 4.78 is 53.4. The van der Waals surface area contributed by atoms with Gasteiger partial charge in [0.2, 0.25) is 5.91 Å². The number of hydrogen-bond donors (Lipinski definition) is 3. The molecule has 0 aliphatic heterocycles. The number of halogens is 2. The maximum Gasteiger partial charge on any atom is 0.224 e. The van der Waals surface area contributed by atoms with Gasteiger partial charge in [-0.25, -0.2) is 27.2 Å². The maximum atomic E-state index is 15.4. The lowest BCUT2D eigenvalue weighted by Crippen LogP contribution is -2.19. The van der Waals surface area contributed by atoms with E-state index >= 15 is 4.39 Å². The predicted octanol–water partition coefficient (Wildman–Crippen LogP) is 6.47. The normalized spacial score (nSPS) is 12.2. The molecule has 0 saturated carbocycles. The van der Waals surface area contributed by atoms with Crippen molar-refractivity contribution in [2.45, 2.75) is 33.6 Å². The Morgan fingerprint density at radius 1 is 1.00 bits per heavy atom. The van der Waals surface area contributed by atoms with Crippen LogP contribution >= 0.6 is 0 Å². The van der Waals surface area contributed by atoms with Crippen LogP contribution in [0.5, 0.6) is 0 Å². The van der Waals surface area contributed by atoms with Crippen LogP contribution in [0, 0.1) is 17.0 Å². The van der Waals surface area contributed by atoms with Gasteiger partial charge in [-0.15, -0.1) is 0 Å². The van der Waals surface area contributed by atoms with Gasteiger partial charge in [-0.2, -0.15) is 5.10 Å². The van der Waals surface area contributed by atoms with Gasteiger partial charge in [0.15, 0.2) is 17.3 Å². The van der Waals surface area contributed by atoms with Crippen LogP contribution in [-0.4, -0.2) is 56.5 Å². The second kappa shape index (κ2) is 11.7. The quantitative estimate of drug-likeness (QED) is 0.172. The molecule has 6 rings (SSSR count). The maximum absolute atomic E-state index is 15.4. The fourth-order valence-electron chi connectivity index (χ4n) is 5.30. The number of imidazole rings is 1. The van der Waals surface area contributed by atoms with Crippen molar-refractivity contribution >= 4 is 43.5 Å². The summed E-state index contributed by atoms with van der Waals surface area (Å²) in [6, 6.07) is 11.0. The van der Waals surface area contributed by atoms with Crippen LogP contribution in [0.25, 0.3) is 55.8 Å². The predicted molar refractivity (Wildman–Crippen MR) is 174 cm³/mol. The van der Waals surface area contributed by atoms with Crippen molar-refractivity contribution in [3.8, 4) is 33.8 Å². The number of aromatic amines is 2. The molecule has 10 nitrogen and oxygen atoms in total. The number of sulfone groups is 1. The van der Waals surface area contributed by atoms with Crippen LogP contribution in [0.2, 0.25) is 0 Å². The van der Waals surface area contributed by atoms with Crippen LogP contribution in [0.15, 0.2) is 61.1 Å². The van der Waals surface area contributed by atoms with Crippen molar-refractivity contribution in [3.63, 3.8) is 0 Å². The Kier molecular flexibility index (Phi) is 7.88. The van der Waals surface area contributed by atoms with Crippen LogP contribution in [0.4, 0.5) is 14.5 Å². The first-order valence-electron chi connectivity index (χ1n) is 14.5. The van der Waals surface area contributed by atoms with Gasteiger partial charge in [-0.05, 0) is 64.9 Å². The van der Waals surface area contributed by atoms with Crippen molar-refractivity contribution in [2.24, 2.45) is 5.41 Å². The number of nitrogens with zero attached hydrogens (tertiary/aromatic N) is 4. The summed E-state index contributed by atoms with van der Waals surface area (Å²) in [6.45, 7) is 5.92. The molecule has 4 heterocycles. The fraction of sp³-hybridized carbons (Fsp3) is 0.242. The van der Waals surface area contributed by atoms with E-state index in [-0.39, 0.29) is 29.0 Å². The number of hydrogen-bond acceptors (Lipinski definition) is 7. The number of H-pyrrole nitrogens is 2. The van der Waals surface area contributed by atoms with Gasteiger partial charge in [0.05, 0.1) is 23.2 Å². The highest BCUT2D eigenvalue weighted by molar-refractivity contribution is 7.90. The van der Waals surface area contributed by atoms with Crippen LogP contribution in [-0.2, 0) is 21.1 Å². The Labute approximate surface area is 263 Å². The molecule has 3 N–H and O–H groups in total. The van der Waals surface area contributed by atoms with Crippen molar-refractivity contribution in [2.75, 3.05) is 17.3 Å². The lowest BCUT2D eigenvalue weighted by Gasteiger charge is -2.17. The van der Waals surface area contributed by atoms with E-state index < -0.39 is 21.5 Å². The second-order valence-electron chi connectivity index (χ2n) is 12.6. The summed E-state index contributed by atoms with van der Waals surface area (Å²) in [5.74, 6) is -0.974. The number of anilines is 1. The summed E-state index contributed by atoms with van der Waals surface area (Å²) in [5, 5.41) is 10.4. The van der Waals surface area contributed by atoms with Gasteiger partial charge in [0, 0.05) is 41.6 Å². The Morgan fingerprint density at radius 2 is 1.80 bits per heavy atom. The third-order valence-corrected chi connectivity index (χ3v) is 8.26. The minimum absolute atomic E-state index is 0.104. The smallest absolute Gasteiger partial charge is 0.224 e. The number of fused-ring (bicyclic) bond motifs is 2. The summed E-state index contributed by atoms with van der Waals surface area (Å²) in [5.41, 5.74) is 4.46. The molecule has 0 unspecified atom stereocenters. The highest BCUT2D eigenvalue weighted by atomic mass is 32.2. The van der Waals surface area contributed by atoms with Crippen LogP contribution in [0.3, 0.4) is 0 Å². The zero-order valence-electron chi connectivity index (χ0n) is 25.6. The minimum Gasteiger partial charge on any atom is -0.335 e. The van der Waals surface area contributed by atoms with E-state index in [1.54, 1.807) is 36.7 Å². The number of nitrogens with one attached hydrogen (secondary N) is 3. The number of aryl methyl sites for hydroxylation is 1. The third kappa shape index (κ3) is 6.79. The minimum atomic E-state index is -3.23. The molecular weight excluding hydrogens is 612 g/mol. The molecule has 0 aliphatic rings. The number of pyridine rings is 2. The van der Waals surface area contributed by atoms with E-state index in [0.29, 0.717) is 68.0 Å². The van der Waals surface area contributed by atoms with Gasteiger partial charge >= 0.3 is 0 Å². The van der Waals surface area contributed by atoms with E-state index in [9.17, 15) is 17.6 Å². The molecule has 0 fully saturated rings. The highest BCUT2D eigenvalue weighted by Crippen LogP contribution is 2.34. The Bertz CT molecular complexity index is 2240. The van der Waals surface area contributed by atoms with Crippen LogP contribution < -0.4 is 5.32 Å². The molecule has 0 aliphatic carbocycles. The van der Waals surface area contributed by atoms with Crippen molar-refractivity contribution in [3.05, 3.63) is 78.3 Å². The summed E-state index contributed by atoms with van der Waals surface area (Å²) >= 11 is 0. The second-order valence-corrected chi connectivity index (χ2v) is 14.8. The van der Waals surface area contributed by atoms with E-state index in [1.807, 2.05) is 20.8 Å². The zero-order chi connectivity index (χ0) is 32.8. The average Bonchev–Trinajstić information content (AvgIpc) is 3.59. The number of amides is 1. The molecule has 4 aromatic heterocycles. The standard InChI is InChI=1S/C33H31F2N7O3S/c1-33(2,3)15-27(43)38-23-12-21(16-36-17-23)19-13-25-28(26(35)14-19)41-42-30(25)32-39-29-24(5-7-37-31(29)40-32)20-9-18(10-22(34)11-20)6-8-46(4,44)45/h5,7,9-14,16-17H,6,8,15H2,1-4H3,(H,38,43)(H,41,42)(H,37,39,40). The van der Waals surface area contributed by atoms with E-state index in [2.05, 4.69) is 35.5 Å². The molecule has 2 aromatic carbocycles. The summed E-state index contributed by atoms with van der Waals surface area (Å²) in [6.07, 6.45) is 6.30. The first kappa shape index (κ1) is 31.0. The molecule has 13 heteroatoms. The monoisotopic (exact) mass is 643 g/mol. The van der Waals surface area contributed by atoms with Gasteiger partial charge < -0.3 is 10.3 Å². The fourth-order valence-corrected chi connectivity index (χ4v) is 5.91. The van der Waals surface area contributed by atoms with Gasteiger partial charge in [-0.3, -0.25) is 14.9 Å².